The molecule has 1 saturated heterocycles. The van der Waals surface area contributed by atoms with Gasteiger partial charge in [0.25, 0.3) is 0 Å². The van der Waals surface area contributed by atoms with Crippen molar-refractivity contribution in [2.24, 2.45) is 5.92 Å². The SMILES string of the molecule is COC(=O)Cc1c(C(=O)OC)nnn1CC1CCOCC1. The van der Waals surface area contributed by atoms with Gasteiger partial charge in [-0.1, -0.05) is 5.21 Å². The molecular formula is C13H19N3O5. The zero-order chi connectivity index (χ0) is 15.2. The molecule has 1 aliphatic heterocycles. The third-order valence-electron chi connectivity index (χ3n) is 3.53. The van der Waals surface area contributed by atoms with Gasteiger partial charge in [-0.25, -0.2) is 9.48 Å². The molecule has 2 heterocycles. The molecule has 0 spiro atoms. The van der Waals surface area contributed by atoms with E-state index in [1.807, 2.05) is 0 Å². The summed E-state index contributed by atoms with van der Waals surface area (Å²) in [6.07, 6.45) is 1.79. The number of esters is 2. The van der Waals surface area contributed by atoms with Gasteiger partial charge < -0.3 is 14.2 Å². The van der Waals surface area contributed by atoms with Crippen LogP contribution >= 0.6 is 0 Å². The molecule has 116 valence electrons. The molecule has 2 rings (SSSR count). The van der Waals surface area contributed by atoms with Gasteiger partial charge in [-0.15, -0.1) is 5.10 Å². The molecule has 0 amide bonds. The lowest BCUT2D eigenvalue weighted by molar-refractivity contribution is -0.139. The molecule has 0 unspecified atom stereocenters. The Morgan fingerprint density at radius 3 is 2.62 bits per heavy atom. The second kappa shape index (κ2) is 7.16. The van der Waals surface area contributed by atoms with Crippen molar-refractivity contribution in [3.8, 4) is 0 Å². The van der Waals surface area contributed by atoms with Crippen LogP contribution in [-0.2, 0) is 32.0 Å². The van der Waals surface area contributed by atoms with E-state index in [1.54, 1.807) is 4.68 Å². The summed E-state index contributed by atoms with van der Waals surface area (Å²) in [5.41, 5.74) is 0.496. The van der Waals surface area contributed by atoms with Crippen LogP contribution in [0.1, 0.15) is 29.0 Å². The minimum Gasteiger partial charge on any atom is -0.469 e. The van der Waals surface area contributed by atoms with E-state index in [4.69, 9.17) is 4.74 Å². The summed E-state index contributed by atoms with van der Waals surface area (Å²) in [5, 5.41) is 7.82. The van der Waals surface area contributed by atoms with E-state index in [1.165, 1.54) is 14.2 Å². The van der Waals surface area contributed by atoms with Gasteiger partial charge in [0.1, 0.15) is 0 Å². The first-order chi connectivity index (χ1) is 10.2. The van der Waals surface area contributed by atoms with E-state index in [-0.39, 0.29) is 12.1 Å². The minimum atomic E-state index is -0.605. The molecule has 8 nitrogen and oxygen atoms in total. The van der Waals surface area contributed by atoms with Gasteiger partial charge in [0.15, 0.2) is 5.69 Å². The van der Waals surface area contributed by atoms with Crippen LogP contribution in [0.3, 0.4) is 0 Å². The zero-order valence-corrected chi connectivity index (χ0v) is 12.2. The maximum absolute atomic E-state index is 11.7. The van der Waals surface area contributed by atoms with Crippen molar-refractivity contribution in [3.05, 3.63) is 11.4 Å². The molecule has 0 aromatic carbocycles. The topological polar surface area (TPSA) is 92.5 Å². The minimum absolute atomic E-state index is 0.0584. The molecule has 1 aromatic rings. The highest BCUT2D eigenvalue weighted by molar-refractivity contribution is 5.89. The molecule has 0 aliphatic carbocycles. The lowest BCUT2D eigenvalue weighted by atomic mass is 10.0. The molecule has 21 heavy (non-hydrogen) atoms. The van der Waals surface area contributed by atoms with E-state index in [9.17, 15) is 9.59 Å². The Balaban J connectivity index is 2.20. The van der Waals surface area contributed by atoms with Crippen LogP contribution in [0.15, 0.2) is 0 Å². The van der Waals surface area contributed by atoms with Crippen LogP contribution in [0.25, 0.3) is 0 Å². The highest BCUT2D eigenvalue weighted by Gasteiger charge is 2.25. The summed E-state index contributed by atoms with van der Waals surface area (Å²) in [6, 6.07) is 0. The van der Waals surface area contributed by atoms with Gasteiger partial charge in [-0.3, -0.25) is 4.79 Å². The normalized spacial score (nSPS) is 15.7. The van der Waals surface area contributed by atoms with Crippen molar-refractivity contribution in [3.63, 3.8) is 0 Å². The van der Waals surface area contributed by atoms with Crippen LogP contribution < -0.4 is 0 Å². The van der Waals surface area contributed by atoms with Gasteiger partial charge in [-0.05, 0) is 18.8 Å². The fraction of sp³-hybridized carbons (Fsp3) is 0.692. The summed E-state index contributed by atoms with van der Waals surface area (Å²) in [5.74, 6) is -0.662. The van der Waals surface area contributed by atoms with E-state index in [0.29, 0.717) is 18.2 Å². The van der Waals surface area contributed by atoms with Gasteiger partial charge in [0, 0.05) is 19.8 Å². The number of hydrogen-bond donors (Lipinski definition) is 0. The third kappa shape index (κ3) is 3.78. The van der Waals surface area contributed by atoms with Gasteiger partial charge in [0.2, 0.25) is 0 Å². The van der Waals surface area contributed by atoms with Crippen LogP contribution in [0.5, 0.6) is 0 Å². The molecule has 1 aromatic heterocycles. The van der Waals surface area contributed by atoms with E-state index < -0.39 is 11.9 Å². The van der Waals surface area contributed by atoms with Crippen molar-refractivity contribution in [1.82, 2.24) is 15.0 Å². The van der Waals surface area contributed by atoms with Crippen molar-refractivity contribution in [2.75, 3.05) is 27.4 Å². The first-order valence-corrected chi connectivity index (χ1v) is 6.81. The molecule has 0 N–H and O–H groups in total. The number of nitrogens with zero attached hydrogens (tertiary/aromatic N) is 3. The van der Waals surface area contributed by atoms with Gasteiger partial charge >= 0.3 is 11.9 Å². The first-order valence-electron chi connectivity index (χ1n) is 6.81. The number of aromatic nitrogens is 3. The average Bonchev–Trinajstić information content (AvgIpc) is 2.90. The van der Waals surface area contributed by atoms with Crippen LogP contribution in [-0.4, -0.2) is 54.4 Å². The maximum Gasteiger partial charge on any atom is 0.360 e. The molecule has 8 heteroatoms. The largest absolute Gasteiger partial charge is 0.469 e. The van der Waals surface area contributed by atoms with Crippen molar-refractivity contribution in [1.29, 1.82) is 0 Å². The first kappa shape index (κ1) is 15.4. The number of carbonyl (C=O) groups excluding carboxylic acids is 2. The van der Waals surface area contributed by atoms with Crippen molar-refractivity contribution >= 4 is 11.9 Å². The second-order valence-corrected chi connectivity index (χ2v) is 4.87. The summed E-state index contributed by atoms with van der Waals surface area (Å²) < 4.78 is 16.2. The van der Waals surface area contributed by atoms with E-state index >= 15 is 0 Å². The quantitative estimate of drug-likeness (QED) is 0.717. The monoisotopic (exact) mass is 297 g/mol. The third-order valence-corrected chi connectivity index (χ3v) is 3.53. The number of rotatable bonds is 5. The number of carbonyl (C=O) groups is 2. The highest BCUT2D eigenvalue weighted by Crippen LogP contribution is 2.19. The number of methoxy groups -OCH3 is 2. The molecule has 0 bridgehead atoms. The summed E-state index contributed by atoms with van der Waals surface area (Å²) in [7, 11) is 2.56. The van der Waals surface area contributed by atoms with Crippen LogP contribution in [0.2, 0.25) is 0 Å². The predicted octanol–water partition coefficient (Wildman–Crippen LogP) is 0.207. The van der Waals surface area contributed by atoms with Gasteiger partial charge in [-0.2, -0.15) is 0 Å². The standard InChI is InChI=1S/C13H19N3O5/c1-19-11(17)7-10-12(13(18)20-2)14-15-16(10)8-9-3-5-21-6-4-9/h9H,3-8H2,1-2H3. The second-order valence-electron chi connectivity index (χ2n) is 4.87. The van der Waals surface area contributed by atoms with E-state index in [2.05, 4.69) is 19.8 Å². The zero-order valence-electron chi connectivity index (χ0n) is 12.2. The van der Waals surface area contributed by atoms with Crippen molar-refractivity contribution in [2.45, 2.75) is 25.8 Å². The number of hydrogen-bond acceptors (Lipinski definition) is 7. The average molecular weight is 297 g/mol. The Kier molecular flexibility index (Phi) is 5.26. The summed E-state index contributed by atoms with van der Waals surface area (Å²) in [6.45, 7) is 2.03. The summed E-state index contributed by atoms with van der Waals surface area (Å²) >= 11 is 0. The fourth-order valence-electron chi connectivity index (χ4n) is 2.29. The highest BCUT2D eigenvalue weighted by atomic mass is 16.5. The Morgan fingerprint density at radius 1 is 1.29 bits per heavy atom. The Morgan fingerprint density at radius 2 is 2.00 bits per heavy atom. The van der Waals surface area contributed by atoms with E-state index in [0.717, 1.165) is 26.1 Å². The Hall–Kier alpha value is -1.96. The van der Waals surface area contributed by atoms with Crippen LogP contribution in [0.4, 0.5) is 0 Å². The fourth-order valence-corrected chi connectivity index (χ4v) is 2.29. The van der Waals surface area contributed by atoms with Crippen molar-refractivity contribution < 1.29 is 23.8 Å². The lowest BCUT2D eigenvalue weighted by Gasteiger charge is -2.22. The Bertz CT molecular complexity index is 508. The molecular weight excluding hydrogens is 278 g/mol. The smallest absolute Gasteiger partial charge is 0.360 e. The summed E-state index contributed by atoms with van der Waals surface area (Å²) in [4.78, 5) is 23.2. The molecule has 1 aliphatic rings. The van der Waals surface area contributed by atoms with Crippen LogP contribution in [0, 0.1) is 5.92 Å². The number of ether oxygens (including phenoxy) is 3. The maximum atomic E-state index is 11.7. The molecule has 0 atom stereocenters. The Labute approximate surface area is 122 Å². The van der Waals surface area contributed by atoms with Gasteiger partial charge in [0.05, 0.1) is 26.3 Å². The molecule has 0 radical (unpaired) electrons. The predicted molar refractivity (Wildman–Crippen MR) is 70.6 cm³/mol. The lowest BCUT2D eigenvalue weighted by Crippen LogP contribution is -2.23. The molecule has 0 saturated carbocycles. The molecule has 1 fully saturated rings.